The summed E-state index contributed by atoms with van der Waals surface area (Å²) in [4.78, 5) is 12.2. The topological polar surface area (TPSA) is 89.8 Å². The van der Waals surface area contributed by atoms with Gasteiger partial charge in [0.25, 0.3) is 5.69 Å². The molecule has 1 heterocycles. The highest BCUT2D eigenvalue weighted by atomic mass is 32.2. The molecule has 0 N–H and O–H groups in total. The van der Waals surface area contributed by atoms with E-state index < -0.39 is 14.8 Å². The van der Waals surface area contributed by atoms with E-state index in [9.17, 15) is 18.5 Å². The molecule has 0 atom stereocenters. The van der Waals surface area contributed by atoms with Crippen molar-refractivity contribution in [3.05, 3.63) is 28.3 Å². The number of nitro groups is 1. The quantitative estimate of drug-likeness (QED) is 0.605. The number of sulfone groups is 1. The Kier molecular flexibility index (Phi) is 5.02. The second kappa shape index (κ2) is 6.62. The SMILES string of the molecule is COCC1CCN(c2ccc([N+](=O)[O-])c(S(C)(=O)=O)c2)CC1. The zero-order chi connectivity index (χ0) is 16.3. The maximum atomic E-state index is 11.8. The maximum Gasteiger partial charge on any atom is 0.288 e. The zero-order valence-electron chi connectivity index (χ0n) is 12.7. The molecule has 1 aromatic rings. The summed E-state index contributed by atoms with van der Waals surface area (Å²) in [5, 5.41) is 11.0. The Bertz CT molecular complexity index is 651. The first-order valence-corrected chi connectivity index (χ1v) is 8.94. The molecule has 22 heavy (non-hydrogen) atoms. The smallest absolute Gasteiger partial charge is 0.288 e. The molecule has 1 aromatic carbocycles. The Morgan fingerprint density at radius 1 is 1.36 bits per heavy atom. The van der Waals surface area contributed by atoms with Crippen LogP contribution in [0, 0.1) is 16.0 Å². The number of methoxy groups -OCH3 is 1. The molecule has 0 amide bonds. The highest BCUT2D eigenvalue weighted by Gasteiger charge is 2.25. The van der Waals surface area contributed by atoms with Crippen molar-refractivity contribution in [3.8, 4) is 0 Å². The normalized spacial score (nSPS) is 16.7. The Hall–Kier alpha value is -1.67. The van der Waals surface area contributed by atoms with E-state index in [0.717, 1.165) is 38.8 Å². The molecule has 0 aromatic heterocycles. The molecule has 1 aliphatic heterocycles. The lowest BCUT2D eigenvalue weighted by Gasteiger charge is -2.33. The van der Waals surface area contributed by atoms with Crippen molar-refractivity contribution in [2.24, 2.45) is 5.92 Å². The minimum Gasteiger partial charge on any atom is -0.384 e. The van der Waals surface area contributed by atoms with Crippen molar-refractivity contribution in [3.63, 3.8) is 0 Å². The number of hydrogen-bond donors (Lipinski definition) is 0. The average Bonchev–Trinajstić information content (AvgIpc) is 2.47. The van der Waals surface area contributed by atoms with Gasteiger partial charge in [-0.25, -0.2) is 8.42 Å². The lowest BCUT2D eigenvalue weighted by molar-refractivity contribution is -0.387. The Balaban J connectivity index is 2.25. The third kappa shape index (κ3) is 3.75. The van der Waals surface area contributed by atoms with E-state index >= 15 is 0 Å². The summed E-state index contributed by atoms with van der Waals surface area (Å²) in [5.41, 5.74) is 0.336. The lowest BCUT2D eigenvalue weighted by atomic mass is 9.97. The van der Waals surface area contributed by atoms with Crippen molar-refractivity contribution >= 4 is 21.2 Å². The fourth-order valence-corrected chi connectivity index (χ4v) is 3.60. The number of nitro benzene ring substituents is 1. The molecule has 1 saturated heterocycles. The van der Waals surface area contributed by atoms with Crippen LogP contribution in [0.3, 0.4) is 0 Å². The first-order chi connectivity index (χ1) is 10.3. The second-order valence-corrected chi connectivity index (χ2v) is 7.55. The van der Waals surface area contributed by atoms with Gasteiger partial charge in [-0.1, -0.05) is 0 Å². The van der Waals surface area contributed by atoms with Crippen molar-refractivity contribution < 1.29 is 18.1 Å². The first kappa shape index (κ1) is 16.7. The van der Waals surface area contributed by atoms with E-state index in [-0.39, 0.29) is 10.6 Å². The van der Waals surface area contributed by atoms with E-state index in [0.29, 0.717) is 11.6 Å². The summed E-state index contributed by atoms with van der Waals surface area (Å²) in [6, 6.07) is 4.29. The van der Waals surface area contributed by atoms with Gasteiger partial charge < -0.3 is 9.64 Å². The van der Waals surface area contributed by atoms with Gasteiger partial charge in [0.2, 0.25) is 0 Å². The van der Waals surface area contributed by atoms with Gasteiger partial charge >= 0.3 is 0 Å². The fraction of sp³-hybridized carbons (Fsp3) is 0.571. The molecule has 1 aliphatic rings. The van der Waals surface area contributed by atoms with Crippen LogP contribution in [-0.4, -0.2) is 46.4 Å². The van der Waals surface area contributed by atoms with Crippen LogP contribution in [0.25, 0.3) is 0 Å². The van der Waals surface area contributed by atoms with E-state index in [1.54, 1.807) is 13.2 Å². The standard InChI is InChI=1S/C14H20N2O5S/c1-21-10-11-5-7-15(8-6-11)12-3-4-13(16(17)18)14(9-12)22(2,19)20/h3-4,9,11H,5-8,10H2,1-2H3. The van der Waals surface area contributed by atoms with E-state index in [2.05, 4.69) is 4.90 Å². The molecule has 0 unspecified atom stereocenters. The predicted molar refractivity (Wildman–Crippen MR) is 83.0 cm³/mol. The van der Waals surface area contributed by atoms with Gasteiger partial charge in [0, 0.05) is 44.8 Å². The molecular formula is C14H20N2O5S. The third-order valence-corrected chi connectivity index (χ3v) is 5.05. The van der Waals surface area contributed by atoms with Crippen LogP contribution in [0.1, 0.15) is 12.8 Å². The summed E-state index contributed by atoms with van der Waals surface area (Å²) in [7, 11) is -1.97. The van der Waals surface area contributed by atoms with E-state index in [1.807, 2.05) is 0 Å². The summed E-state index contributed by atoms with van der Waals surface area (Å²) in [6.07, 6.45) is 2.90. The van der Waals surface area contributed by atoms with Gasteiger partial charge in [-0.2, -0.15) is 0 Å². The summed E-state index contributed by atoms with van der Waals surface area (Å²) >= 11 is 0. The first-order valence-electron chi connectivity index (χ1n) is 7.05. The monoisotopic (exact) mass is 328 g/mol. The second-order valence-electron chi connectivity index (χ2n) is 5.57. The number of nitrogens with zero attached hydrogens (tertiary/aromatic N) is 2. The summed E-state index contributed by atoms with van der Waals surface area (Å²) < 4.78 is 28.7. The van der Waals surface area contributed by atoms with E-state index in [4.69, 9.17) is 4.74 Å². The zero-order valence-corrected chi connectivity index (χ0v) is 13.5. The molecule has 0 spiro atoms. The number of ether oxygens (including phenoxy) is 1. The van der Waals surface area contributed by atoms with Crippen LogP contribution in [0.4, 0.5) is 11.4 Å². The largest absolute Gasteiger partial charge is 0.384 e. The van der Waals surface area contributed by atoms with Gasteiger partial charge in [0.15, 0.2) is 9.84 Å². The highest BCUT2D eigenvalue weighted by molar-refractivity contribution is 7.90. The molecular weight excluding hydrogens is 308 g/mol. The Morgan fingerprint density at radius 3 is 2.50 bits per heavy atom. The molecule has 0 saturated carbocycles. The minimum absolute atomic E-state index is 0.228. The number of hydrogen-bond acceptors (Lipinski definition) is 6. The van der Waals surface area contributed by atoms with Crippen LogP contribution >= 0.6 is 0 Å². The van der Waals surface area contributed by atoms with E-state index in [1.165, 1.54) is 12.1 Å². The van der Waals surface area contributed by atoms with Gasteiger partial charge in [0.05, 0.1) is 4.92 Å². The molecule has 2 rings (SSSR count). The molecule has 0 radical (unpaired) electrons. The number of benzene rings is 1. The number of rotatable bonds is 5. The maximum absolute atomic E-state index is 11.8. The Morgan fingerprint density at radius 2 is 2.00 bits per heavy atom. The average molecular weight is 328 g/mol. The lowest BCUT2D eigenvalue weighted by Crippen LogP contribution is -2.35. The van der Waals surface area contributed by atoms with Crippen LogP contribution < -0.4 is 4.90 Å². The van der Waals surface area contributed by atoms with Crippen molar-refractivity contribution in [1.29, 1.82) is 0 Å². The predicted octanol–water partition coefficient (Wildman–Crippen LogP) is 1.86. The van der Waals surface area contributed by atoms with Crippen LogP contribution in [-0.2, 0) is 14.6 Å². The van der Waals surface area contributed by atoms with Crippen LogP contribution in [0.5, 0.6) is 0 Å². The molecule has 1 fully saturated rings. The molecule has 0 bridgehead atoms. The van der Waals surface area contributed by atoms with Crippen LogP contribution in [0.15, 0.2) is 23.1 Å². The molecule has 7 nitrogen and oxygen atoms in total. The minimum atomic E-state index is -3.65. The van der Waals surface area contributed by atoms with Crippen molar-refractivity contribution in [2.45, 2.75) is 17.7 Å². The van der Waals surface area contributed by atoms with Crippen LogP contribution in [0.2, 0.25) is 0 Å². The molecule has 0 aliphatic carbocycles. The van der Waals surface area contributed by atoms with Gasteiger partial charge in [-0.05, 0) is 30.9 Å². The van der Waals surface area contributed by atoms with Crippen molar-refractivity contribution in [2.75, 3.05) is 38.0 Å². The molecule has 122 valence electrons. The van der Waals surface area contributed by atoms with Crippen molar-refractivity contribution in [1.82, 2.24) is 0 Å². The number of piperidine rings is 1. The molecule has 8 heteroatoms. The summed E-state index contributed by atoms with van der Waals surface area (Å²) in [5.74, 6) is 0.508. The highest BCUT2D eigenvalue weighted by Crippen LogP contribution is 2.31. The van der Waals surface area contributed by atoms with Gasteiger partial charge in [-0.15, -0.1) is 0 Å². The number of anilines is 1. The van der Waals surface area contributed by atoms with Gasteiger partial charge in [0.1, 0.15) is 4.90 Å². The van der Waals surface area contributed by atoms with Gasteiger partial charge in [-0.3, -0.25) is 10.1 Å². The third-order valence-electron chi connectivity index (χ3n) is 3.92. The Labute approximate surface area is 129 Å². The summed E-state index contributed by atoms with van der Waals surface area (Å²) in [6.45, 7) is 2.30. The fourth-order valence-electron chi connectivity index (χ4n) is 2.74.